The van der Waals surface area contributed by atoms with Gasteiger partial charge in [-0.2, -0.15) is 0 Å². The minimum absolute atomic E-state index is 0.0163. The second kappa shape index (κ2) is 8.14. The number of carbonyl (C=O) groups is 3. The number of piperazine rings is 1. The molecule has 8 nitrogen and oxygen atoms in total. The lowest BCUT2D eigenvalue weighted by molar-refractivity contribution is -0.147. The van der Waals surface area contributed by atoms with Crippen LogP contribution in [0.4, 0.5) is 0 Å². The van der Waals surface area contributed by atoms with Crippen molar-refractivity contribution in [1.29, 1.82) is 0 Å². The molecule has 0 unspecified atom stereocenters. The predicted molar refractivity (Wildman–Crippen MR) is 88.7 cm³/mol. The second-order valence-electron chi connectivity index (χ2n) is 6.89. The first-order chi connectivity index (χ1) is 12.1. The first kappa shape index (κ1) is 18.1. The molecule has 3 aliphatic rings. The lowest BCUT2D eigenvalue weighted by Crippen LogP contribution is -2.54. The van der Waals surface area contributed by atoms with Gasteiger partial charge < -0.3 is 24.2 Å². The molecule has 0 spiro atoms. The quantitative estimate of drug-likeness (QED) is 0.655. The summed E-state index contributed by atoms with van der Waals surface area (Å²) in [4.78, 5) is 42.3. The summed E-state index contributed by atoms with van der Waals surface area (Å²) in [6, 6.07) is 0. The molecule has 3 fully saturated rings. The van der Waals surface area contributed by atoms with Crippen molar-refractivity contribution >= 4 is 17.7 Å². The van der Waals surface area contributed by atoms with Gasteiger partial charge in [0, 0.05) is 59.4 Å². The number of methoxy groups -OCH3 is 1. The first-order valence-corrected chi connectivity index (χ1v) is 9.06. The smallest absolute Gasteiger partial charge is 0.251 e. The van der Waals surface area contributed by atoms with Crippen LogP contribution in [0.15, 0.2) is 0 Å². The van der Waals surface area contributed by atoms with Crippen LogP contribution in [0.5, 0.6) is 0 Å². The van der Waals surface area contributed by atoms with Gasteiger partial charge in [-0.3, -0.25) is 14.4 Å². The molecule has 3 rings (SSSR count). The molecule has 3 aliphatic heterocycles. The largest absolute Gasteiger partial charge is 0.383 e. The van der Waals surface area contributed by atoms with E-state index in [0.717, 1.165) is 12.8 Å². The van der Waals surface area contributed by atoms with Crippen molar-refractivity contribution in [1.82, 2.24) is 14.7 Å². The maximum absolute atomic E-state index is 12.7. The Balaban J connectivity index is 1.47. The molecule has 3 amide bonds. The maximum atomic E-state index is 12.7. The van der Waals surface area contributed by atoms with Crippen molar-refractivity contribution in [3.8, 4) is 0 Å². The van der Waals surface area contributed by atoms with Gasteiger partial charge >= 0.3 is 0 Å². The van der Waals surface area contributed by atoms with E-state index in [1.54, 1.807) is 21.8 Å². The summed E-state index contributed by atoms with van der Waals surface area (Å²) in [6.07, 6.45) is 1.70. The topological polar surface area (TPSA) is 79.4 Å². The molecule has 3 heterocycles. The molecule has 0 bridgehead atoms. The molecule has 0 aromatic carbocycles. The molecule has 140 valence electrons. The second-order valence-corrected chi connectivity index (χ2v) is 6.89. The van der Waals surface area contributed by atoms with Crippen molar-refractivity contribution in [2.45, 2.75) is 25.4 Å². The van der Waals surface area contributed by atoms with Crippen LogP contribution < -0.4 is 0 Å². The zero-order valence-corrected chi connectivity index (χ0v) is 14.8. The summed E-state index contributed by atoms with van der Waals surface area (Å²) in [7, 11) is 1.60. The van der Waals surface area contributed by atoms with E-state index in [-0.39, 0.29) is 36.2 Å². The number of nitrogens with zero attached hydrogens (tertiary/aromatic N) is 3. The van der Waals surface area contributed by atoms with Crippen LogP contribution >= 0.6 is 0 Å². The third kappa shape index (κ3) is 4.12. The molecule has 0 radical (unpaired) electrons. The van der Waals surface area contributed by atoms with Crippen molar-refractivity contribution < 1.29 is 23.9 Å². The summed E-state index contributed by atoms with van der Waals surface area (Å²) in [5, 5.41) is 0. The van der Waals surface area contributed by atoms with Gasteiger partial charge in [-0.05, 0) is 12.8 Å². The van der Waals surface area contributed by atoms with Gasteiger partial charge in [0.2, 0.25) is 11.8 Å². The molecule has 0 aromatic heterocycles. The number of ether oxygens (including phenoxy) is 2. The Morgan fingerprint density at radius 1 is 1.16 bits per heavy atom. The van der Waals surface area contributed by atoms with E-state index in [1.807, 2.05) is 0 Å². The highest BCUT2D eigenvalue weighted by Gasteiger charge is 2.38. The number of amides is 3. The van der Waals surface area contributed by atoms with E-state index in [2.05, 4.69) is 0 Å². The average molecular weight is 353 g/mol. The molecule has 0 aromatic rings. The van der Waals surface area contributed by atoms with Crippen molar-refractivity contribution in [3.05, 3.63) is 0 Å². The fourth-order valence-electron chi connectivity index (χ4n) is 3.74. The Kier molecular flexibility index (Phi) is 5.90. The van der Waals surface area contributed by atoms with E-state index >= 15 is 0 Å². The average Bonchev–Trinajstić information content (AvgIpc) is 3.29. The van der Waals surface area contributed by atoms with E-state index in [0.29, 0.717) is 52.5 Å². The highest BCUT2D eigenvalue weighted by Crippen LogP contribution is 2.21. The normalized spacial score (nSPS) is 27.2. The number of rotatable bonds is 5. The highest BCUT2D eigenvalue weighted by molar-refractivity contribution is 5.89. The summed E-state index contributed by atoms with van der Waals surface area (Å²) in [5.74, 6) is -0.184. The molecule has 0 aliphatic carbocycles. The highest BCUT2D eigenvalue weighted by atomic mass is 16.5. The molecular formula is C17H27N3O5. The lowest BCUT2D eigenvalue weighted by Gasteiger charge is -2.36. The van der Waals surface area contributed by atoms with E-state index in [4.69, 9.17) is 9.47 Å². The number of carbonyl (C=O) groups excluding carboxylic acids is 3. The Morgan fingerprint density at radius 3 is 2.44 bits per heavy atom. The number of hydrogen-bond acceptors (Lipinski definition) is 5. The van der Waals surface area contributed by atoms with Crippen LogP contribution in [-0.2, 0) is 23.9 Å². The minimum Gasteiger partial charge on any atom is -0.383 e. The van der Waals surface area contributed by atoms with E-state index in [9.17, 15) is 14.4 Å². The summed E-state index contributed by atoms with van der Waals surface area (Å²) < 4.78 is 10.5. The fraction of sp³-hybridized carbons (Fsp3) is 0.824. The molecule has 8 heteroatoms. The van der Waals surface area contributed by atoms with Gasteiger partial charge in [0.1, 0.15) is 6.10 Å². The van der Waals surface area contributed by atoms with E-state index < -0.39 is 0 Å². The van der Waals surface area contributed by atoms with Crippen molar-refractivity contribution in [2.75, 3.05) is 59.6 Å². The van der Waals surface area contributed by atoms with Gasteiger partial charge in [0.05, 0.1) is 12.5 Å². The molecule has 25 heavy (non-hydrogen) atoms. The SMILES string of the molecule is COCCN1C[C@@H](C(=O)N2CCN(C(=O)[C@H]3CCCO3)CC2)CC1=O. The zero-order valence-electron chi connectivity index (χ0n) is 14.8. The van der Waals surface area contributed by atoms with Crippen LogP contribution in [0.1, 0.15) is 19.3 Å². The van der Waals surface area contributed by atoms with E-state index in [1.165, 1.54) is 0 Å². The Bertz CT molecular complexity index is 512. The lowest BCUT2D eigenvalue weighted by atomic mass is 10.1. The van der Waals surface area contributed by atoms with Crippen LogP contribution in [-0.4, -0.2) is 98.1 Å². The zero-order chi connectivity index (χ0) is 17.8. The third-order valence-electron chi connectivity index (χ3n) is 5.24. The number of hydrogen-bond donors (Lipinski definition) is 0. The summed E-state index contributed by atoms with van der Waals surface area (Å²) in [6.45, 7) is 4.27. The maximum Gasteiger partial charge on any atom is 0.251 e. The van der Waals surface area contributed by atoms with Crippen LogP contribution in [0, 0.1) is 5.92 Å². The summed E-state index contributed by atoms with van der Waals surface area (Å²) >= 11 is 0. The van der Waals surface area contributed by atoms with Crippen LogP contribution in [0.2, 0.25) is 0 Å². The monoisotopic (exact) mass is 353 g/mol. The molecular weight excluding hydrogens is 326 g/mol. The Morgan fingerprint density at radius 2 is 1.84 bits per heavy atom. The Hall–Kier alpha value is -1.67. The predicted octanol–water partition coefficient (Wildman–Crippen LogP) is -0.669. The molecule has 0 saturated carbocycles. The number of likely N-dealkylation sites (tertiary alicyclic amines) is 1. The Labute approximate surface area is 148 Å². The van der Waals surface area contributed by atoms with Gasteiger partial charge in [0.25, 0.3) is 5.91 Å². The minimum atomic E-state index is -0.302. The van der Waals surface area contributed by atoms with Crippen LogP contribution in [0.25, 0.3) is 0 Å². The van der Waals surface area contributed by atoms with Gasteiger partial charge in [-0.25, -0.2) is 0 Å². The summed E-state index contributed by atoms with van der Waals surface area (Å²) in [5.41, 5.74) is 0. The van der Waals surface area contributed by atoms with Crippen molar-refractivity contribution in [3.63, 3.8) is 0 Å². The standard InChI is InChI=1S/C17H27N3O5/c1-24-10-8-20-12-13(11-15(20)21)16(22)18-4-6-19(7-5-18)17(23)14-3-2-9-25-14/h13-14H,2-12H2,1H3/t13-,14+/m0/s1. The van der Waals surface area contributed by atoms with Crippen LogP contribution in [0.3, 0.4) is 0 Å². The molecule has 0 N–H and O–H groups in total. The fourth-order valence-corrected chi connectivity index (χ4v) is 3.74. The first-order valence-electron chi connectivity index (χ1n) is 9.06. The van der Waals surface area contributed by atoms with Gasteiger partial charge in [-0.1, -0.05) is 0 Å². The van der Waals surface area contributed by atoms with Gasteiger partial charge in [0.15, 0.2) is 0 Å². The van der Waals surface area contributed by atoms with Gasteiger partial charge in [-0.15, -0.1) is 0 Å². The molecule has 3 saturated heterocycles. The molecule has 2 atom stereocenters. The van der Waals surface area contributed by atoms with Crippen molar-refractivity contribution in [2.24, 2.45) is 5.92 Å². The third-order valence-corrected chi connectivity index (χ3v) is 5.24.